The number of nitrogens with zero attached hydrogens (tertiary/aromatic N) is 2. The number of pyridine rings is 1. The molecule has 1 amide bonds. The second-order valence-electron chi connectivity index (χ2n) is 7.81. The molecule has 2 heterocycles. The number of nitriles is 1. The maximum absolute atomic E-state index is 12.3. The first-order valence-electron chi connectivity index (χ1n) is 9.40. The number of aryl methyl sites for hydroxylation is 1. The number of piperidine rings is 1. The van der Waals surface area contributed by atoms with Crippen molar-refractivity contribution in [1.82, 2.24) is 15.2 Å². The Bertz CT molecular complexity index is 752. The van der Waals surface area contributed by atoms with Crippen LogP contribution in [0.3, 0.4) is 0 Å². The average Bonchev–Trinajstić information content (AvgIpc) is 2.60. The maximum atomic E-state index is 12.3. The lowest BCUT2D eigenvalue weighted by Gasteiger charge is -2.41. The third-order valence-electron chi connectivity index (χ3n) is 5.45. The van der Waals surface area contributed by atoms with Gasteiger partial charge in [-0.2, -0.15) is 5.26 Å². The first kappa shape index (κ1) is 20.2. The highest BCUT2D eigenvalue weighted by atomic mass is 16.1. The number of likely N-dealkylation sites (tertiary alicyclic amines) is 1. The van der Waals surface area contributed by atoms with E-state index in [0.29, 0.717) is 24.9 Å². The van der Waals surface area contributed by atoms with Gasteiger partial charge in [0.15, 0.2) is 0 Å². The molecule has 0 bridgehead atoms. The van der Waals surface area contributed by atoms with Gasteiger partial charge in [-0.3, -0.25) is 14.5 Å². The van der Waals surface area contributed by atoms with E-state index in [9.17, 15) is 9.59 Å². The van der Waals surface area contributed by atoms with Crippen LogP contribution in [0, 0.1) is 25.2 Å². The van der Waals surface area contributed by atoms with Gasteiger partial charge in [0.1, 0.15) is 11.6 Å². The van der Waals surface area contributed by atoms with Crippen molar-refractivity contribution in [3.8, 4) is 6.07 Å². The van der Waals surface area contributed by atoms with E-state index in [4.69, 9.17) is 5.26 Å². The van der Waals surface area contributed by atoms with E-state index in [1.165, 1.54) is 19.3 Å². The Labute approximate surface area is 155 Å². The number of hydrogen-bond acceptors (Lipinski definition) is 4. The largest absolute Gasteiger partial charge is 0.354 e. The van der Waals surface area contributed by atoms with E-state index >= 15 is 0 Å². The van der Waals surface area contributed by atoms with Crippen LogP contribution in [0.2, 0.25) is 0 Å². The number of rotatable bonds is 6. The number of aromatic nitrogens is 1. The molecule has 0 atom stereocenters. The van der Waals surface area contributed by atoms with Crippen molar-refractivity contribution in [2.24, 2.45) is 0 Å². The number of amides is 1. The smallest absolute Gasteiger partial charge is 0.266 e. The zero-order valence-corrected chi connectivity index (χ0v) is 16.4. The van der Waals surface area contributed by atoms with Gasteiger partial charge in [0.2, 0.25) is 5.91 Å². The lowest BCUT2D eigenvalue weighted by atomic mass is 9.97. The highest BCUT2D eigenvalue weighted by molar-refractivity contribution is 5.76. The molecule has 1 aromatic rings. The topological polar surface area (TPSA) is 89.0 Å². The van der Waals surface area contributed by atoms with Crippen LogP contribution < -0.4 is 10.9 Å². The molecule has 0 saturated carbocycles. The van der Waals surface area contributed by atoms with E-state index in [1.54, 1.807) is 6.92 Å². The second-order valence-corrected chi connectivity index (χ2v) is 7.81. The molecule has 142 valence electrons. The molecular weight excluding hydrogens is 328 g/mol. The van der Waals surface area contributed by atoms with Gasteiger partial charge >= 0.3 is 0 Å². The lowest BCUT2D eigenvalue weighted by molar-refractivity contribution is -0.121. The fourth-order valence-electron chi connectivity index (χ4n) is 3.67. The highest BCUT2D eigenvalue weighted by Gasteiger charge is 2.28. The number of carbonyl (C=O) groups excluding carboxylic acids is 1. The van der Waals surface area contributed by atoms with Crippen LogP contribution in [0.15, 0.2) is 4.79 Å². The Morgan fingerprint density at radius 1 is 1.27 bits per heavy atom. The molecule has 0 radical (unpaired) electrons. The summed E-state index contributed by atoms with van der Waals surface area (Å²) in [6, 6.07) is 1.95. The van der Waals surface area contributed by atoms with Crippen molar-refractivity contribution >= 4 is 5.91 Å². The third-order valence-corrected chi connectivity index (χ3v) is 5.45. The third kappa shape index (κ3) is 4.73. The molecule has 2 N–H and O–H groups in total. The molecule has 1 aliphatic rings. The first-order chi connectivity index (χ1) is 12.3. The molecule has 0 aromatic carbocycles. The van der Waals surface area contributed by atoms with Gasteiger partial charge in [-0.1, -0.05) is 6.42 Å². The molecular formula is C20H30N4O2. The molecule has 6 heteroatoms. The fraction of sp³-hybridized carbons (Fsp3) is 0.650. The average molecular weight is 358 g/mol. The number of aromatic amines is 1. The highest BCUT2D eigenvalue weighted by Crippen LogP contribution is 2.20. The number of H-pyrrole nitrogens is 1. The molecule has 0 aliphatic carbocycles. The summed E-state index contributed by atoms with van der Waals surface area (Å²) in [6.07, 6.45) is 4.60. The molecule has 26 heavy (non-hydrogen) atoms. The van der Waals surface area contributed by atoms with Gasteiger partial charge in [0.05, 0.1) is 0 Å². The number of nitrogens with one attached hydrogen (secondary N) is 2. The van der Waals surface area contributed by atoms with Crippen molar-refractivity contribution in [3.63, 3.8) is 0 Å². The van der Waals surface area contributed by atoms with Crippen molar-refractivity contribution in [1.29, 1.82) is 5.26 Å². The van der Waals surface area contributed by atoms with Crippen LogP contribution in [0.25, 0.3) is 0 Å². The summed E-state index contributed by atoms with van der Waals surface area (Å²) in [6.45, 7) is 10.7. The summed E-state index contributed by atoms with van der Waals surface area (Å²) in [5, 5.41) is 12.2. The van der Waals surface area contributed by atoms with Crippen LogP contribution in [-0.2, 0) is 11.2 Å². The van der Waals surface area contributed by atoms with Gasteiger partial charge in [-0.15, -0.1) is 0 Å². The van der Waals surface area contributed by atoms with Crippen LogP contribution in [0.4, 0.5) is 0 Å². The summed E-state index contributed by atoms with van der Waals surface area (Å²) in [5.41, 5.74) is 2.01. The van der Waals surface area contributed by atoms with Crippen LogP contribution >= 0.6 is 0 Å². The zero-order valence-electron chi connectivity index (χ0n) is 16.4. The van der Waals surface area contributed by atoms with Crippen molar-refractivity contribution < 1.29 is 4.79 Å². The Hall–Kier alpha value is -2.13. The molecule has 1 aliphatic heterocycles. The van der Waals surface area contributed by atoms with Gasteiger partial charge in [0, 0.05) is 24.2 Å². The monoisotopic (exact) mass is 358 g/mol. The van der Waals surface area contributed by atoms with Gasteiger partial charge in [0.25, 0.3) is 5.56 Å². The summed E-state index contributed by atoms with van der Waals surface area (Å²) < 4.78 is 0. The normalized spacial score (nSPS) is 15.5. The van der Waals surface area contributed by atoms with Crippen molar-refractivity contribution in [3.05, 3.63) is 32.7 Å². The number of carbonyl (C=O) groups is 1. The summed E-state index contributed by atoms with van der Waals surface area (Å²) in [7, 11) is 0. The lowest BCUT2D eigenvalue weighted by Crippen LogP contribution is -2.53. The molecule has 6 nitrogen and oxygen atoms in total. The van der Waals surface area contributed by atoms with Crippen LogP contribution in [0.5, 0.6) is 0 Å². The Kier molecular flexibility index (Phi) is 6.60. The molecule has 1 fully saturated rings. The summed E-state index contributed by atoms with van der Waals surface area (Å²) in [5.74, 6) is -0.00130. The van der Waals surface area contributed by atoms with Gasteiger partial charge < -0.3 is 10.3 Å². The maximum Gasteiger partial charge on any atom is 0.266 e. The summed E-state index contributed by atoms with van der Waals surface area (Å²) >= 11 is 0. The van der Waals surface area contributed by atoms with E-state index in [2.05, 4.69) is 29.0 Å². The Morgan fingerprint density at radius 3 is 2.54 bits per heavy atom. The van der Waals surface area contributed by atoms with Crippen LogP contribution in [0.1, 0.15) is 61.9 Å². The Balaban J connectivity index is 1.93. The van der Waals surface area contributed by atoms with Gasteiger partial charge in [-0.05, 0) is 71.2 Å². The zero-order chi connectivity index (χ0) is 19.3. The molecule has 0 spiro atoms. The van der Waals surface area contributed by atoms with E-state index in [1.807, 2.05) is 13.0 Å². The SMILES string of the molecule is Cc1[nH]c(=O)c(C#N)c(C)c1CCC(=O)NCC(C)(C)N1CCCCC1. The molecule has 1 aromatic heterocycles. The first-order valence-corrected chi connectivity index (χ1v) is 9.40. The predicted molar refractivity (Wildman–Crippen MR) is 102 cm³/mol. The van der Waals surface area contributed by atoms with E-state index in [0.717, 1.165) is 24.3 Å². The standard InChI is InChI=1S/C20H30N4O2/c1-14-16(15(2)23-19(26)17(14)12-21)8-9-18(25)22-13-20(3,4)24-10-6-5-7-11-24/h5-11,13H2,1-4H3,(H,22,25)(H,23,26). The minimum absolute atomic E-state index is 0.00130. The van der Waals surface area contributed by atoms with E-state index < -0.39 is 0 Å². The fourth-order valence-corrected chi connectivity index (χ4v) is 3.67. The van der Waals surface area contributed by atoms with E-state index in [-0.39, 0.29) is 22.6 Å². The minimum atomic E-state index is -0.362. The van der Waals surface area contributed by atoms with Crippen LogP contribution in [-0.4, -0.2) is 41.0 Å². The number of hydrogen-bond donors (Lipinski definition) is 2. The predicted octanol–water partition coefficient (Wildman–Crippen LogP) is 2.18. The van der Waals surface area contributed by atoms with Crippen molar-refractivity contribution in [2.45, 2.75) is 65.3 Å². The van der Waals surface area contributed by atoms with Gasteiger partial charge in [-0.25, -0.2) is 0 Å². The quantitative estimate of drug-likeness (QED) is 0.816. The molecule has 2 rings (SSSR count). The molecule has 0 unspecified atom stereocenters. The Morgan fingerprint density at radius 2 is 1.92 bits per heavy atom. The minimum Gasteiger partial charge on any atom is -0.354 e. The molecule has 1 saturated heterocycles. The van der Waals surface area contributed by atoms with Crippen molar-refractivity contribution in [2.75, 3.05) is 19.6 Å². The second kappa shape index (κ2) is 8.50. The summed E-state index contributed by atoms with van der Waals surface area (Å²) in [4.78, 5) is 29.3.